The second-order valence-corrected chi connectivity index (χ2v) is 4.98. The molecule has 1 atom stereocenters. The van der Waals surface area contributed by atoms with E-state index < -0.39 is 0 Å². The number of hydrazine groups is 1. The molecular weight excluding hydrogens is 242 g/mol. The fourth-order valence-electron chi connectivity index (χ4n) is 2.64. The number of aliphatic hydroxyl groups is 1. The molecule has 1 heterocycles. The smallest absolute Gasteiger partial charge is 0.255 e. The van der Waals surface area contributed by atoms with E-state index in [0.29, 0.717) is 5.92 Å². The van der Waals surface area contributed by atoms with Crippen LogP contribution in [0, 0.1) is 5.92 Å². The molecule has 2 rings (SSSR count). The quantitative estimate of drug-likeness (QED) is 0.418. The van der Waals surface area contributed by atoms with Crippen molar-refractivity contribution in [3.05, 3.63) is 35.9 Å². The summed E-state index contributed by atoms with van der Waals surface area (Å²) in [5, 5.41) is 9.17. The van der Waals surface area contributed by atoms with Gasteiger partial charge in [0, 0.05) is 6.61 Å². The van der Waals surface area contributed by atoms with Gasteiger partial charge in [-0.2, -0.15) is 0 Å². The number of likely N-dealkylation sites (tertiary alicyclic amines) is 1. The molecule has 19 heavy (non-hydrogen) atoms. The Bertz CT molecular complexity index is 402. The fraction of sp³-hybridized carbons (Fsp3) is 0.500. The number of amides is 1. The highest BCUT2D eigenvalue weighted by atomic mass is 16.3. The third-order valence-corrected chi connectivity index (χ3v) is 3.78. The van der Waals surface area contributed by atoms with E-state index in [9.17, 15) is 9.90 Å². The Labute approximate surface area is 113 Å². The number of nitrogens with two attached hydrogens (primary N) is 1. The Kier molecular flexibility index (Phi) is 4.90. The maximum Gasteiger partial charge on any atom is 0.255 e. The number of benzene rings is 1. The molecule has 5 heteroatoms. The van der Waals surface area contributed by atoms with Crippen LogP contribution in [0.3, 0.4) is 0 Å². The van der Waals surface area contributed by atoms with E-state index in [-0.39, 0.29) is 18.6 Å². The van der Waals surface area contributed by atoms with Crippen LogP contribution in [-0.4, -0.2) is 35.6 Å². The molecule has 1 aromatic carbocycles. The summed E-state index contributed by atoms with van der Waals surface area (Å²) in [5.74, 6) is 5.47. The van der Waals surface area contributed by atoms with E-state index in [4.69, 9.17) is 5.84 Å². The highest BCUT2D eigenvalue weighted by Gasteiger charge is 2.30. The molecule has 0 bridgehead atoms. The van der Waals surface area contributed by atoms with Gasteiger partial charge in [0.2, 0.25) is 0 Å². The maximum atomic E-state index is 12.0. The summed E-state index contributed by atoms with van der Waals surface area (Å²) in [6.07, 6.45) is 1.83. The Morgan fingerprint density at radius 3 is 2.53 bits per heavy atom. The van der Waals surface area contributed by atoms with E-state index in [1.807, 2.05) is 30.3 Å². The van der Waals surface area contributed by atoms with Gasteiger partial charge in [-0.3, -0.25) is 15.1 Å². The van der Waals surface area contributed by atoms with Crippen molar-refractivity contribution in [1.29, 1.82) is 0 Å². The molecule has 4 N–H and O–H groups in total. The van der Waals surface area contributed by atoms with E-state index in [1.165, 1.54) is 0 Å². The maximum absolute atomic E-state index is 12.0. The SMILES string of the molecule is NNC(=O)C(c1ccccc1)N1CCC(CO)CC1. The zero-order valence-corrected chi connectivity index (χ0v) is 11.0. The Hall–Kier alpha value is -1.43. The van der Waals surface area contributed by atoms with Crippen LogP contribution in [-0.2, 0) is 4.79 Å². The second-order valence-electron chi connectivity index (χ2n) is 4.98. The van der Waals surface area contributed by atoms with Crippen molar-refractivity contribution in [1.82, 2.24) is 10.3 Å². The first-order chi connectivity index (χ1) is 9.26. The van der Waals surface area contributed by atoms with Crippen molar-refractivity contribution in [2.24, 2.45) is 11.8 Å². The summed E-state index contributed by atoms with van der Waals surface area (Å²) in [5.41, 5.74) is 3.21. The normalized spacial score (nSPS) is 19.1. The molecule has 104 valence electrons. The molecular formula is C14H21N3O2. The van der Waals surface area contributed by atoms with E-state index in [2.05, 4.69) is 10.3 Å². The van der Waals surface area contributed by atoms with Crippen molar-refractivity contribution in [3.8, 4) is 0 Å². The summed E-state index contributed by atoms with van der Waals surface area (Å²) >= 11 is 0. The number of piperidine rings is 1. The highest BCUT2D eigenvalue weighted by Crippen LogP contribution is 2.26. The lowest BCUT2D eigenvalue weighted by atomic mass is 9.94. The van der Waals surface area contributed by atoms with Crippen LogP contribution in [0.2, 0.25) is 0 Å². The molecule has 1 unspecified atom stereocenters. The van der Waals surface area contributed by atoms with Crippen molar-refractivity contribution < 1.29 is 9.90 Å². The molecule has 5 nitrogen and oxygen atoms in total. The minimum absolute atomic E-state index is 0.186. The number of aliphatic hydroxyl groups excluding tert-OH is 1. The molecule has 0 aromatic heterocycles. The molecule has 0 spiro atoms. The molecule has 1 amide bonds. The van der Waals surface area contributed by atoms with Crippen molar-refractivity contribution >= 4 is 5.91 Å². The average Bonchev–Trinajstić information content (AvgIpc) is 2.49. The predicted molar refractivity (Wildman–Crippen MR) is 72.9 cm³/mol. The minimum Gasteiger partial charge on any atom is -0.396 e. The summed E-state index contributed by atoms with van der Waals surface area (Å²) in [4.78, 5) is 14.2. The van der Waals surface area contributed by atoms with Crippen LogP contribution >= 0.6 is 0 Å². The van der Waals surface area contributed by atoms with Crippen LogP contribution in [0.4, 0.5) is 0 Å². The first-order valence-corrected chi connectivity index (χ1v) is 6.66. The summed E-state index contributed by atoms with van der Waals surface area (Å²) in [6, 6.07) is 9.32. The van der Waals surface area contributed by atoms with Gasteiger partial charge in [0.25, 0.3) is 5.91 Å². The van der Waals surface area contributed by atoms with Crippen LogP contribution in [0.5, 0.6) is 0 Å². The number of nitrogens with zero attached hydrogens (tertiary/aromatic N) is 1. The summed E-state index contributed by atoms with van der Waals surface area (Å²) < 4.78 is 0. The predicted octanol–water partition coefficient (Wildman–Crippen LogP) is 0.422. The number of hydrogen-bond acceptors (Lipinski definition) is 4. The van der Waals surface area contributed by atoms with Crippen molar-refractivity contribution in [2.75, 3.05) is 19.7 Å². The first kappa shape index (κ1) is 14.0. The zero-order chi connectivity index (χ0) is 13.7. The standard InChI is InChI=1S/C14H21N3O2/c15-16-14(19)13(12-4-2-1-3-5-12)17-8-6-11(10-18)7-9-17/h1-5,11,13,18H,6-10,15H2,(H,16,19). The van der Waals surface area contributed by atoms with E-state index in [1.54, 1.807) is 0 Å². The number of hydrogen-bond donors (Lipinski definition) is 3. The molecule has 1 aromatic rings. The lowest BCUT2D eigenvalue weighted by molar-refractivity contribution is -0.127. The van der Waals surface area contributed by atoms with Gasteiger partial charge < -0.3 is 5.11 Å². The summed E-state index contributed by atoms with van der Waals surface area (Å²) in [7, 11) is 0. The number of carbonyl (C=O) groups is 1. The monoisotopic (exact) mass is 263 g/mol. The Morgan fingerprint density at radius 2 is 2.00 bits per heavy atom. The van der Waals surface area contributed by atoms with Gasteiger partial charge in [0.05, 0.1) is 0 Å². The number of rotatable bonds is 4. The second kappa shape index (κ2) is 6.65. The lowest BCUT2D eigenvalue weighted by Gasteiger charge is -2.36. The lowest BCUT2D eigenvalue weighted by Crippen LogP contribution is -2.46. The van der Waals surface area contributed by atoms with Gasteiger partial charge in [-0.15, -0.1) is 0 Å². The summed E-state index contributed by atoms with van der Waals surface area (Å²) in [6.45, 7) is 1.84. The van der Waals surface area contributed by atoms with Crippen LogP contribution < -0.4 is 11.3 Å². The van der Waals surface area contributed by atoms with E-state index >= 15 is 0 Å². The highest BCUT2D eigenvalue weighted by molar-refractivity contribution is 5.82. The topological polar surface area (TPSA) is 78.6 Å². The third-order valence-electron chi connectivity index (χ3n) is 3.78. The number of carbonyl (C=O) groups excluding carboxylic acids is 1. The molecule has 1 aliphatic rings. The van der Waals surface area contributed by atoms with Crippen molar-refractivity contribution in [3.63, 3.8) is 0 Å². The minimum atomic E-state index is -0.342. The van der Waals surface area contributed by atoms with Crippen LogP contribution in [0.1, 0.15) is 24.4 Å². The first-order valence-electron chi connectivity index (χ1n) is 6.66. The number of nitrogens with one attached hydrogen (secondary N) is 1. The van der Waals surface area contributed by atoms with Crippen LogP contribution in [0.15, 0.2) is 30.3 Å². The largest absolute Gasteiger partial charge is 0.396 e. The molecule has 1 aliphatic heterocycles. The van der Waals surface area contributed by atoms with Gasteiger partial charge in [-0.25, -0.2) is 5.84 Å². The van der Waals surface area contributed by atoms with Crippen molar-refractivity contribution in [2.45, 2.75) is 18.9 Å². The van der Waals surface area contributed by atoms with Gasteiger partial charge in [-0.05, 0) is 37.4 Å². The van der Waals surface area contributed by atoms with Gasteiger partial charge >= 0.3 is 0 Å². The molecule has 0 radical (unpaired) electrons. The molecule has 0 aliphatic carbocycles. The Morgan fingerprint density at radius 1 is 1.37 bits per heavy atom. The molecule has 1 fully saturated rings. The Balaban J connectivity index is 2.13. The third kappa shape index (κ3) is 3.32. The van der Waals surface area contributed by atoms with E-state index in [0.717, 1.165) is 31.5 Å². The zero-order valence-electron chi connectivity index (χ0n) is 11.0. The van der Waals surface area contributed by atoms with Crippen LogP contribution in [0.25, 0.3) is 0 Å². The average molecular weight is 263 g/mol. The van der Waals surface area contributed by atoms with Gasteiger partial charge in [0.1, 0.15) is 6.04 Å². The molecule has 0 saturated carbocycles. The van der Waals surface area contributed by atoms with Gasteiger partial charge in [-0.1, -0.05) is 30.3 Å². The fourth-order valence-corrected chi connectivity index (χ4v) is 2.64. The molecule has 1 saturated heterocycles. The van der Waals surface area contributed by atoms with Gasteiger partial charge in [0.15, 0.2) is 0 Å².